The summed E-state index contributed by atoms with van der Waals surface area (Å²) in [6.07, 6.45) is 1.64. The number of hydrogen-bond acceptors (Lipinski definition) is 5. The van der Waals surface area contributed by atoms with Crippen molar-refractivity contribution in [3.05, 3.63) is 5.82 Å². The van der Waals surface area contributed by atoms with Gasteiger partial charge in [0.1, 0.15) is 5.82 Å². The van der Waals surface area contributed by atoms with Crippen LogP contribution in [0.25, 0.3) is 0 Å². The molecule has 0 amide bonds. The summed E-state index contributed by atoms with van der Waals surface area (Å²) in [7, 11) is 0. The Bertz CT molecular complexity index is 394. The molecular formula is C11H17N3OS. The molecule has 1 saturated heterocycles. The number of rotatable bonds is 1. The van der Waals surface area contributed by atoms with E-state index in [1.54, 1.807) is 0 Å². The van der Waals surface area contributed by atoms with Crippen LogP contribution in [-0.2, 0) is 10.2 Å². The van der Waals surface area contributed by atoms with Crippen molar-refractivity contribution >= 4 is 22.4 Å². The molecule has 2 heterocycles. The molecule has 0 aromatic carbocycles. The molecule has 0 N–H and O–H groups in total. The standard InChI is InChI=1S/C11H17N3OS/c1-11(2,3)9-12-10(16-13-9)14-6-4-5-8(15)7-14/h4-7H2,1-3H3. The van der Waals surface area contributed by atoms with Crippen molar-refractivity contribution in [2.75, 3.05) is 18.0 Å². The first kappa shape index (κ1) is 11.5. The lowest BCUT2D eigenvalue weighted by Crippen LogP contribution is -2.35. The number of carbonyl (C=O) groups excluding carboxylic acids is 1. The van der Waals surface area contributed by atoms with Gasteiger partial charge in [-0.05, 0) is 6.42 Å². The van der Waals surface area contributed by atoms with Gasteiger partial charge in [0.2, 0.25) is 5.13 Å². The van der Waals surface area contributed by atoms with E-state index in [2.05, 4.69) is 30.1 Å². The third-order valence-corrected chi connectivity index (χ3v) is 3.38. The first-order chi connectivity index (χ1) is 7.47. The summed E-state index contributed by atoms with van der Waals surface area (Å²) < 4.78 is 4.37. The van der Waals surface area contributed by atoms with Crippen molar-refractivity contribution in [1.82, 2.24) is 9.36 Å². The second-order valence-electron chi connectivity index (χ2n) is 5.21. The lowest BCUT2D eigenvalue weighted by atomic mass is 9.96. The number of piperidine rings is 1. The summed E-state index contributed by atoms with van der Waals surface area (Å²) >= 11 is 1.40. The fourth-order valence-electron chi connectivity index (χ4n) is 1.65. The monoisotopic (exact) mass is 239 g/mol. The van der Waals surface area contributed by atoms with Crippen LogP contribution in [0, 0.1) is 0 Å². The van der Waals surface area contributed by atoms with Gasteiger partial charge in [0.25, 0.3) is 0 Å². The van der Waals surface area contributed by atoms with Crippen LogP contribution in [0.15, 0.2) is 0 Å². The number of Topliss-reactive ketones (excluding diaryl/α,β-unsaturated/α-hetero) is 1. The minimum absolute atomic E-state index is 0.0193. The summed E-state index contributed by atoms with van der Waals surface area (Å²) in [4.78, 5) is 17.9. The topological polar surface area (TPSA) is 46.1 Å². The SMILES string of the molecule is CC(C)(C)c1nsc(N2CCCC(=O)C2)n1. The summed E-state index contributed by atoms with van der Waals surface area (Å²) in [5, 5.41) is 0.887. The van der Waals surface area contributed by atoms with Gasteiger partial charge in [0.05, 0.1) is 6.54 Å². The maximum atomic E-state index is 11.4. The lowest BCUT2D eigenvalue weighted by molar-refractivity contribution is -0.118. The van der Waals surface area contributed by atoms with E-state index in [9.17, 15) is 4.79 Å². The van der Waals surface area contributed by atoms with Crippen LogP contribution in [0.2, 0.25) is 0 Å². The van der Waals surface area contributed by atoms with Gasteiger partial charge in [0.15, 0.2) is 5.78 Å². The highest BCUT2D eigenvalue weighted by molar-refractivity contribution is 7.09. The number of nitrogens with zero attached hydrogens (tertiary/aromatic N) is 3. The van der Waals surface area contributed by atoms with Crippen molar-refractivity contribution in [2.24, 2.45) is 0 Å². The summed E-state index contributed by atoms with van der Waals surface area (Å²) in [6.45, 7) is 7.71. The second kappa shape index (κ2) is 4.13. The summed E-state index contributed by atoms with van der Waals surface area (Å²) in [5.74, 6) is 1.17. The average Bonchev–Trinajstić information content (AvgIpc) is 2.65. The van der Waals surface area contributed by atoms with E-state index in [1.807, 2.05) is 4.90 Å². The Morgan fingerprint density at radius 3 is 2.69 bits per heavy atom. The average molecular weight is 239 g/mol. The Hall–Kier alpha value is -0.970. The highest BCUT2D eigenvalue weighted by Crippen LogP contribution is 2.26. The Balaban J connectivity index is 2.15. The molecule has 0 bridgehead atoms. The molecule has 1 aromatic heterocycles. The van der Waals surface area contributed by atoms with Gasteiger partial charge in [0, 0.05) is 29.9 Å². The molecule has 0 aliphatic carbocycles. The molecular weight excluding hydrogens is 222 g/mol. The minimum Gasteiger partial charge on any atom is -0.340 e. The van der Waals surface area contributed by atoms with Gasteiger partial charge in [-0.1, -0.05) is 20.8 Å². The van der Waals surface area contributed by atoms with Crippen LogP contribution >= 0.6 is 11.5 Å². The van der Waals surface area contributed by atoms with E-state index in [4.69, 9.17) is 0 Å². The predicted octanol–water partition coefficient (Wildman–Crippen LogP) is 2.00. The first-order valence-electron chi connectivity index (χ1n) is 5.57. The van der Waals surface area contributed by atoms with E-state index >= 15 is 0 Å². The largest absolute Gasteiger partial charge is 0.340 e. The van der Waals surface area contributed by atoms with E-state index < -0.39 is 0 Å². The van der Waals surface area contributed by atoms with Crippen LogP contribution in [0.3, 0.4) is 0 Å². The van der Waals surface area contributed by atoms with Gasteiger partial charge in [-0.2, -0.15) is 4.37 Å². The van der Waals surface area contributed by atoms with Crippen LogP contribution in [0.4, 0.5) is 5.13 Å². The molecule has 4 nitrogen and oxygen atoms in total. The molecule has 1 aliphatic rings. The Kier molecular flexibility index (Phi) is 2.97. The highest BCUT2D eigenvalue weighted by Gasteiger charge is 2.24. The zero-order valence-corrected chi connectivity index (χ0v) is 10.8. The van der Waals surface area contributed by atoms with E-state index in [1.165, 1.54) is 11.5 Å². The Morgan fingerprint density at radius 2 is 2.12 bits per heavy atom. The fourth-order valence-corrected chi connectivity index (χ4v) is 2.53. The number of aromatic nitrogens is 2. The number of carbonyl (C=O) groups is 1. The fraction of sp³-hybridized carbons (Fsp3) is 0.727. The molecule has 0 radical (unpaired) electrons. The van der Waals surface area contributed by atoms with Crippen LogP contribution < -0.4 is 4.90 Å². The Labute approximate surface area is 99.9 Å². The molecule has 0 atom stereocenters. The number of ketones is 1. The normalized spacial score (nSPS) is 17.9. The van der Waals surface area contributed by atoms with E-state index in [0.29, 0.717) is 18.7 Å². The molecule has 1 aliphatic heterocycles. The van der Waals surface area contributed by atoms with Gasteiger partial charge >= 0.3 is 0 Å². The quantitative estimate of drug-likeness (QED) is 0.752. The molecule has 0 spiro atoms. The van der Waals surface area contributed by atoms with E-state index in [-0.39, 0.29) is 5.41 Å². The Morgan fingerprint density at radius 1 is 1.38 bits per heavy atom. The number of anilines is 1. The van der Waals surface area contributed by atoms with Crippen molar-refractivity contribution in [3.8, 4) is 0 Å². The van der Waals surface area contributed by atoms with Crippen LogP contribution in [0.1, 0.15) is 39.4 Å². The van der Waals surface area contributed by atoms with Crippen molar-refractivity contribution in [2.45, 2.75) is 39.0 Å². The summed E-state index contributed by atoms with van der Waals surface area (Å²) in [5.41, 5.74) is -0.0193. The molecule has 2 rings (SSSR count). The molecule has 0 saturated carbocycles. The number of hydrogen-bond donors (Lipinski definition) is 0. The van der Waals surface area contributed by atoms with E-state index in [0.717, 1.165) is 23.9 Å². The molecule has 0 unspecified atom stereocenters. The van der Waals surface area contributed by atoms with Crippen molar-refractivity contribution in [1.29, 1.82) is 0 Å². The van der Waals surface area contributed by atoms with Crippen molar-refractivity contribution in [3.63, 3.8) is 0 Å². The van der Waals surface area contributed by atoms with Crippen molar-refractivity contribution < 1.29 is 4.79 Å². The zero-order chi connectivity index (χ0) is 11.8. The minimum atomic E-state index is -0.0193. The highest BCUT2D eigenvalue weighted by atomic mass is 32.1. The molecule has 1 aromatic rings. The molecule has 88 valence electrons. The van der Waals surface area contributed by atoms with Gasteiger partial charge in [-0.25, -0.2) is 4.98 Å². The maximum absolute atomic E-state index is 11.4. The van der Waals surface area contributed by atoms with Crippen LogP contribution in [0.5, 0.6) is 0 Å². The third-order valence-electron chi connectivity index (χ3n) is 2.61. The van der Waals surface area contributed by atoms with Gasteiger partial charge in [-0.15, -0.1) is 0 Å². The third kappa shape index (κ3) is 2.40. The van der Waals surface area contributed by atoms with Gasteiger partial charge in [-0.3, -0.25) is 4.79 Å². The smallest absolute Gasteiger partial charge is 0.205 e. The second-order valence-corrected chi connectivity index (χ2v) is 5.94. The van der Waals surface area contributed by atoms with Crippen LogP contribution in [-0.4, -0.2) is 28.2 Å². The molecule has 16 heavy (non-hydrogen) atoms. The van der Waals surface area contributed by atoms with Gasteiger partial charge < -0.3 is 4.90 Å². The lowest BCUT2D eigenvalue weighted by Gasteiger charge is -2.24. The predicted molar refractivity (Wildman–Crippen MR) is 65.1 cm³/mol. The first-order valence-corrected chi connectivity index (χ1v) is 6.35. The summed E-state index contributed by atoms with van der Waals surface area (Å²) in [6, 6.07) is 0. The molecule has 1 fully saturated rings. The maximum Gasteiger partial charge on any atom is 0.205 e. The molecule has 5 heteroatoms. The zero-order valence-electron chi connectivity index (χ0n) is 9.99.